The summed E-state index contributed by atoms with van der Waals surface area (Å²) in [6.45, 7) is 27.0. The zero-order valence-electron chi connectivity index (χ0n) is 62.3. The van der Waals surface area contributed by atoms with Gasteiger partial charge in [0.05, 0.1) is 36.0 Å². The SMILES string of the molecule is C=CC(=O)Nc1ccc(C(=O)N2CCC[C@@H](Nc3ncc(/C=C/c4ncc(C(C)(C)C)o4)s3)C2)cc1.C=CC(=O)Nc1ccc(C(=O)N2CCC[C@@H](Nc3ncc(CCc4ncc(C(C)(C)C)o4)s3)C2)cc1.C=CC(=O)Nc1ccc(C(=O)N2CCC[C@@H](Nc3ncc(COCc4cccc(C(F)(F)F)c4)s3)C2)cc1. The molecule has 3 atom stereocenters. The Morgan fingerprint density at radius 1 is 0.509 bits per heavy atom. The number of benzene rings is 4. The third kappa shape index (κ3) is 24.3. The molecular formula is C81H91F3N14O9S3. The normalized spacial score (nSPS) is 15.9. The number of amides is 6. The largest absolute Gasteiger partial charge is 0.445 e. The zero-order valence-corrected chi connectivity index (χ0v) is 64.7. The molecule has 8 heterocycles. The van der Waals surface area contributed by atoms with Crippen molar-refractivity contribution in [2.75, 3.05) is 71.2 Å². The highest BCUT2D eigenvalue weighted by molar-refractivity contribution is 7.16. The highest BCUT2D eigenvalue weighted by atomic mass is 32.1. The van der Waals surface area contributed by atoms with E-state index in [1.807, 2.05) is 40.5 Å². The Morgan fingerprint density at radius 2 is 0.936 bits per heavy atom. The van der Waals surface area contributed by atoms with E-state index in [4.69, 9.17) is 13.6 Å². The van der Waals surface area contributed by atoms with Crippen LogP contribution in [0.1, 0.15) is 160 Å². The van der Waals surface area contributed by atoms with Gasteiger partial charge in [0.2, 0.25) is 23.6 Å². The number of likely N-dealkylation sites (tertiary alicyclic amines) is 3. The van der Waals surface area contributed by atoms with Crippen molar-refractivity contribution in [2.24, 2.45) is 0 Å². The molecule has 5 aromatic heterocycles. The lowest BCUT2D eigenvalue weighted by Gasteiger charge is -2.33. The van der Waals surface area contributed by atoms with Crippen molar-refractivity contribution in [3.63, 3.8) is 0 Å². The number of ether oxygens (including phenoxy) is 1. The molecule has 3 saturated heterocycles. The van der Waals surface area contributed by atoms with Crippen LogP contribution in [0.5, 0.6) is 0 Å². The monoisotopic (exact) mass is 1560 g/mol. The first kappa shape index (κ1) is 81.6. The van der Waals surface area contributed by atoms with Crippen LogP contribution in [-0.2, 0) is 62.2 Å². The number of thiazole rings is 3. The highest BCUT2D eigenvalue weighted by Gasteiger charge is 2.32. The third-order valence-corrected chi connectivity index (χ3v) is 20.6. The predicted octanol–water partition coefficient (Wildman–Crippen LogP) is 16.2. The standard InChI is InChI=1S/C27H27F3N4O3S.C27H33N5O3S.C27H31N5O3S/c1-2-24(35)32-21-10-8-19(9-11-21)25(36)34-12-4-7-22(15-34)33-26-31-14-23(38-26)17-37-16-18-5-3-6-20(13-18)27(28,29)30;2*1-5-23(33)30-19-10-8-18(9-11-19)25(34)32-14-6-7-20(17-32)31-26-29-15-21(36-26)12-13-24-28-16-22(35-24)27(2,3)4/h2-3,5-6,8-11,13-14,22H,1,4,7,12,15-17H2,(H,31,33)(H,32,35);5,8-11,15-16,20H,1,6-7,12-14,17H2,2-4H3,(H,29,31)(H,30,33);5,8-13,15-16,20H,1,6-7,14,17H2,2-4H3,(H,29,31)(H,30,33)/b;;13-12+/t22-;2*20-/m111/s1. The van der Waals surface area contributed by atoms with Gasteiger partial charge in [0.25, 0.3) is 17.7 Å². The summed E-state index contributed by atoms with van der Waals surface area (Å²) in [6.07, 6.45) is 19.1. The number of halogens is 3. The fraction of sp³-hybridized carbons (Fsp3) is 0.346. The van der Waals surface area contributed by atoms with Crippen LogP contribution in [0.2, 0.25) is 0 Å². The summed E-state index contributed by atoms with van der Waals surface area (Å²) >= 11 is 4.60. The lowest BCUT2D eigenvalue weighted by molar-refractivity contribution is -0.137. The van der Waals surface area contributed by atoms with E-state index in [-0.39, 0.29) is 77.6 Å². The van der Waals surface area contributed by atoms with Crippen molar-refractivity contribution in [1.82, 2.24) is 39.6 Å². The Labute approximate surface area is 649 Å². The van der Waals surface area contributed by atoms with Crippen molar-refractivity contribution in [3.05, 3.63) is 232 Å². The van der Waals surface area contributed by atoms with Gasteiger partial charge < -0.3 is 60.2 Å². The first-order valence-electron chi connectivity index (χ1n) is 36.1. The van der Waals surface area contributed by atoms with E-state index in [2.05, 4.69) is 118 Å². The quantitative estimate of drug-likeness (QED) is 0.0307. The van der Waals surface area contributed by atoms with Gasteiger partial charge in [0.15, 0.2) is 21.3 Å². The second-order valence-electron chi connectivity index (χ2n) is 28.6. The Bertz CT molecular complexity index is 4670. The molecule has 0 saturated carbocycles. The van der Waals surface area contributed by atoms with E-state index in [1.54, 1.807) is 119 Å². The van der Waals surface area contributed by atoms with E-state index >= 15 is 0 Å². The van der Waals surface area contributed by atoms with Crippen molar-refractivity contribution in [1.29, 1.82) is 0 Å². The molecule has 29 heteroatoms. The van der Waals surface area contributed by atoms with E-state index in [0.717, 1.165) is 107 Å². The first-order valence-corrected chi connectivity index (χ1v) is 38.5. The maximum absolute atomic E-state index is 13.0. The fourth-order valence-corrected chi connectivity index (χ4v) is 14.4. The number of hydrogen-bond donors (Lipinski definition) is 6. The maximum Gasteiger partial charge on any atom is 0.416 e. The molecule has 3 aliphatic heterocycles. The van der Waals surface area contributed by atoms with E-state index in [9.17, 15) is 41.9 Å². The minimum Gasteiger partial charge on any atom is -0.445 e. The second kappa shape index (κ2) is 38.0. The van der Waals surface area contributed by atoms with Crippen molar-refractivity contribution in [2.45, 2.75) is 141 Å². The minimum absolute atomic E-state index is 0.0106. The van der Waals surface area contributed by atoms with Crippen LogP contribution in [0.3, 0.4) is 0 Å². The second-order valence-corrected chi connectivity index (χ2v) is 31.8. The molecule has 0 radical (unpaired) electrons. The molecule has 12 rings (SSSR count). The molecule has 0 unspecified atom stereocenters. The molecule has 3 fully saturated rings. The summed E-state index contributed by atoms with van der Waals surface area (Å²) in [6, 6.07) is 26.0. The molecule has 110 heavy (non-hydrogen) atoms. The molecule has 23 nitrogen and oxygen atoms in total. The summed E-state index contributed by atoms with van der Waals surface area (Å²) in [5.74, 6) is 2.07. The Morgan fingerprint density at radius 3 is 1.37 bits per heavy atom. The number of piperidine rings is 3. The van der Waals surface area contributed by atoms with Crippen LogP contribution >= 0.6 is 34.0 Å². The number of carbonyl (C=O) groups is 6. The Kier molecular flexibility index (Phi) is 28.2. The van der Waals surface area contributed by atoms with Crippen LogP contribution in [0.4, 0.5) is 45.6 Å². The number of oxazole rings is 2. The van der Waals surface area contributed by atoms with Crippen LogP contribution in [-0.4, -0.2) is 132 Å². The fourth-order valence-electron chi connectivity index (χ4n) is 11.9. The molecule has 0 spiro atoms. The molecular weight excluding hydrogens is 1470 g/mol. The summed E-state index contributed by atoms with van der Waals surface area (Å²) in [7, 11) is 0. The first-order chi connectivity index (χ1) is 52.6. The molecule has 578 valence electrons. The van der Waals surface area contributed by atoms with Crippen LogP contribution in [0, 0.1) is 0 Å². The minimum atomic E-state index is -4.39. The van der Waals surface area contributed by atoms with Gasteiger partial charge >= 0.3 is 6.18 Å². The van der Waals surface area contributed by atoms with Crippen molar-refractivity contribution < 1.29 is 55.5 Å². The Balaban J connectivity index is 0.000000176. The topological polar surface area (TPSA) is 284 Å². The smallest absolute Gasteiger partial charge is 0.416 e. The van der Waals surface area contributed by atoms with Crippen LogP contribution in [0.15, 0.2) is 175 Å². The van der Waals surface area contributed by atoms with Gasteiger partial charge in [-0.2, -0.15) is 13.2 Å². The summed E-state index contributed by atoms with van der Waals surface area (Å²) in [5.41, 5.74) is 3.20. The number of anilines is 6. The van der Waals surface area contributed by atoms with Gasteiger partial charge in [-0.3, -0.25) is 28.8 Å². The number of alkyl halides is 3. The number of nitrogens with one attached hydrogen (secondary N) is 6. The molecule has 3 aliphatic rings. The molecule has 6 N–H and O–H groups in total. The number of rotatable bonds is 24. The van der Waals surface area contributed by atoms with Crippen LogP contribution < -0.4 is 31.9 Å². The van der Waals surface area contributed by atoms with Gasteiger partial charge in [0, 0.05) is 143 Å². The predicted molar refractivity (Wildman–Crippen MR) is 426 cm³/mol. The van der Waals surface area contributed by atoms with Crippen LogP contribution in [0.25, 0.3) is 12.2 Å². The number of aromatic nitrogens is 5. The molecule has 6 amide bonds. The molecule has 9 aromatic rings. The van der Waals surface area contributed by atoms with Gasteiger partial charge in [0.1, 0.15) is 11.5 Å². The summed E-state index contributed by atoms with van der Waals surface area (Å²) in [4.78, 5) is 104. The molecule has 4 aromatic carbocycles. The van der Waals surface area contributed by atoms with Gasteiger partial charge in [-0.25, -0.2) is 24.9 Å². The summed E-state index contributed by atoms with van der Waals surface area (Å²) in [5, 5.41) is 20.8. The number of aryl methyl sites for hydroxylation is 2. The zero-order chi connectivity index (χ0) is 78.5. The lowest BCUT2D eigenvalue weighted by atomic mass is 9.94. The third-order valence-electron chi connectivity index (χ3n) is 17.8. The van der Waals surface area contributed by atoms with Gasteiger partial charge in [-0.05, 0) is 160 Å². The average molecular weight is 1560 g/mol. The summed E-state index contributed by atoms with van der Waals surface area (Å²) < 4.78 is 55.9. The van der Waals surface area contributed by atoms with Gasteiger partial charge in [-0.15, -0.1) is 11.3 Å². The average Bonchev–Trinajstić information content (AvgIpc) is 1.83. The van der Waals surface area contributed by atoms with E-state index < -0.39 is 11.7 Å². The number of carbonyl (C=O) groups excluding carboxylic acids is 6. The maximum atomic E-state index is 13.0. The number of hydrogen-bond acceptors (Lipinski definition) is 20. The number of nitrogens with zero attached hydrogens (tertiary/aromatic N) is 8. The van der Waals surface area contributed by atoms with Crippen molar-refractivity contribution in [3.8, 4) is 0 Å². The lowest BCUT2D eigenvalue weighted by Crippen LogP contribution is -2.45. The van der Waals surface area contributed by atoms with Gasteiger partial charge in [-0.1, -0.05) is 96.1 Å². The van der Waals surface area contributed by atoms with E-state index in [0.29, 0.717) is 83.1 Å². The highest BCUT2D eigenvalue weighted by Crippen LogP contribution is 2.33. The molecule has 0 bridgehead atoms. The van der Waals surface area contributed by atoms with Crippen molar-refractivity contribution >= 4 is 114 Å². The molecule has 0 aliphatic carbocycles. The van der Waals surface area contributed by atoms with E-state index in [1.165, 1.54) is 40.5 Å². The Hall–Kier alpha value is -10.9.